The predicted octanol–water partition coefficient (Wildman–Crippen LogP) is 4.90. The highest BCUT2D eigenvalue weighted by atomic mass is 79.9. The minimum absolute atomic E-state index is 0.117. The monoisotopic (exact) mass is 430 g/mol. The third kappa shape index (κ3) is 2.18. The molecule has 140 valence electrons. The molecule has 4 rings (SSSR count). The molecule has 0 bridgehead atoms. The summed E-state index contributed by atoms with van der Waals surface area (Å²) in [6, 6.07) is 9.49. The quantitative estimate of drug-likeness (QED) is 0.500. The van der Waals surface area contributed by atoms with Gasteiger partial charge in [-0.05, 0) is 53.6 Å². The van der Waals surface area contributed by atoms with E-state index in [1.54, 1.807) is 0 Å². The zero-order valence-electron chi connectivity index (χ0n) is 15.4. The average molecular weight is 431 g/mol. The first kappa shape index (κ1) is 17.9. The Kier molecular flexibility index (Phi) is 3.79. The molecule has 0 aromatic heterocycles. The molecule has 1 unspecified atom stereocenters. The molecule has 2 aromatic carbocycles. The highest BCUT2D eigenvalue weighted by molar-refractivity contribution is 9.10. The van der Waals surface area contributed by atoms with E-state index in [0.29, 0.717) is 15.8 Å². The number of halogens is 1. The Labute approximate surface area is 165 Å². The van der Waals surface area contributed by atoms with Crippen LogP contribution in [0.1, 0.15) is 25.0 Å². The van der Waals surface area contributed by atoms with Gasteiger partial charge in [0.05, 0.1) is 28.0 Å². The van der Waals surface area contributed by atoms with Crippen LogP contribution in [0.5, 0.6) is 11.5 Å². The van der Waals surface area contributed by atoms with Crippen LogP contribution >= 0.6 is 15.9 Å². The van der Waals surface area contributed by atoms with Crippen LogP contribution in [-0.4, -0.2) is 24.8 Å². The second-order valence-corrected chi connectivity index (χ2v) is 8.04. The molecule has 0 aliphatic carbocycles. The largest absolute Gasteiger partial charge is 0.495 e. The second kappa shape index (κ2) is 5.73. The fourth-order valence-electron chi connectivity index (χ4n) is 4.15. The lowest BCUT2D eigenvalue weighted by Gasteiger charge is -2.45. The van der Waals surface area contributed by atoms with Gasteiger partial charge in [0.2, 0.25) is 11.5 Å². The van der Waals surface area contributed by atoms with E-state index in [0.717, 1.165) is 11.3 Å². The van der Waals surface area contributed by atoms with Gasteiger partial charge in [-0.2, -0.15) is 0 Å². The van der Waals surface area contributed by atoms with E-state index in [-0.39, 0.29) is 11.4 Å². The summed E-state index contributed by atoms with van der Waals surface area (Å²) in [5, 5.41) is 11.7. The topological polar surface area (TPSA) is 64.8 Å². The number of nitro benzene ring substituents is 1. The SMILES string of the molecule is COc1cc([N+](=O)[O-])c2c(c1Br)C=CC1(O2)N(C)c2ccccc2C1(C)C. The summed E-state index contributed by atoms with van der Waals surface area (Å²) in [7, 11) is 3.43. The number of likely N-dealkylation sites (N-methyl/N-ethyl adjacent to an activating group) is 1. The van der Waals surface area contributed by atoms with Crippen LogP contribution in [0.25, 0.3) is 6.08 Å². The van der Waals surface area contributed by atoms with Crippen LogP contribution in [0.3, 0.4) is 0 Å². The van der Waals surface area contributed by atoms with E-state index in [9.17, 15) is 10.1 Å². The van der Waals surface area contributed by atoms with Gasteiger partial charge in [0.15, 0.2) is 0 Å². The molecule has 27 heavy (non-hydrogen) atoms. The number of ether oxygens (including phenoxy) is 2. The van der Waals surface area contributed by atoms with Crippen LogP contribution < -0.4 is 14.4 Å². The van der Waals surface area contributed by atoms with Crippen LogP contribution in [0.2, 0.25) is 0 Å². The van der Waals surface area contributed by atoms with E-state index in [2.05, 4.69) is 35.8 Å². The minimum Gasteiger partial charge on any atom is -0.495 e. The lowest BCUT2D eigenvalue weighted by molar-refractivity contribution is -0.386. The molecule has 2 aromatic rings. The number of hydrogen-bond donors (Lipinski definition) is 0. The smallest absolute Gasteiger partial charge is 0.315 e. The Bertz CT molecular complexity index is 1000. The number of para-hydroxylation sites is 1. The summed E-state index contributed by atoms with van der Waals surface area (Å²) in [6.45, 7) is 4.18. The van der Waals surface area contributed by atoms with Crippen molar-refractivity contribution in [3.8, 4) is 11.5 Å². The fourth-order valence-corrected chi connectivity index (χ4v) is 4.74. The molecule has 2 heterocycles. The number of hydrogen-bond acceptors (Lipinski definition) is 5. The number of anilines is 1. The maximum Gasteiger partial charge on any atom is 0.315 e. The number of methoxy groups -OCH3 is 1. The minimum atomic E-state index is -0.873. The molecule has 0 fully saturated rings. The van der Waals surface area contributed by atoms with Crippen LogP contribution in [0.4, 0.5) is 11.4 Å². The molecule has 1 atom stereocenters. The standard InChI is InChI=1S/C20H19BrN2O4/c1-19(2)13-7-5-6-8-14(13)22(3)20(19)10-9-12-17(21)16(26-4)11-15(23(24)25)18(12)27-20/h5-11H,1-4H3. The zero-order chi connectivity index (χ0) is 19.6. The summed E-state index contributed by atoms with van der Waals surface area (Å²) in [5.41, 5.74) is 1.37. The lowest BCUT2D eigenvalue weighted by atomic mass is 9.76. The van der Waals surface area contributed by atoms with Crippen molar-refractivity contribution >= 4 is 33.4 Å². The van der Waals surface area contributed by atoms with Crippen molar-refractivity contribution in [2.24, 2.45) is 0 Å². The summed E-state index contributed by atoms with van der Waals surface area (Å²) in [6.07, 6.45) is 3.85. The van der Waals surface area contributed by atoms with E-state index in [4.69, 9.17) is 9.47 Å². The molecule has 0 saturated heterocycles. The number of nitro groups is 1. The van der Waals surface area contributed by atoms with E-state index in [1.165, 1.54) is 13.2 Å². The summed E-state index contributed by atoms with van der Waals surface area (Å²) in [4.78, 5) is 13.3. The molecule has 0 radical (unpaired) electrons. The van der Waals surface area contributed by atoms with Crippen molar-refractivity contribution in [2.45, 2.75) is 25.0 Å². The molecular weight excluding hydrogens is 412 g/mol. The fraction of sp³-hybridized carbons (Fsp3) is 0.300. The molecule has 0 N–H and O–H groups in total. The van der Waals surface area contributed by atoms with Crippen molar-refractivity contribution in [2.75, 3.05) is 19.1 Å². The molecule has 6 nitrogen and oxygen atoms in total. The lowest BCUT2D eigenvalue weighted by Crippen LogP contribution is -2.58. The molecular formula is C20H19BrN2O4. The third-order valence-electron chi connectivity index (χ3n) is 5.68. The van der Waals surface area contributed by atoms with Gasteiger partial charge in [-0.1, -0.05) is 18.2 Å². The highest BCUT2D eigenvalue weighted by Crippen LogP contribution is 2.56. The first-order valence-electron chi connectivity index (χ1n) is 8.51. The first-order chi connectivity index (χ1) is 12.7. The van der Waals surface area contributed by atoms with Crippen molar-refractivity contribution in [1.82, 2.24) is 0 Å². The van der Waals surface area contributed by atoms with Gasteiger partial charge in [-0.3, -0.25) is 10.1 Å². The molecule has 1 spiro atoms. The van der Waals surface area contributed by atoms with Crippen LogP contribution in [-0.2, 0) is 5.41 Å². The molecule has 2 aliphatic heterocycles. The Morgan fingerprint density at radius 2 is 2.00 bits per heavy atom. The van der Waals surface area contributed by atoms with Crippen LogP contribution in [0.15, 0.2) is 40.9 Å². The molecule has 2 aliphatic rings. The third-order valence-corrected chi connectivity index (χ3v) is 6.50. The van der Waals surface area contributed by atoms with E-state index < -0.39 is 16.1 Å². The number of benzene rings is 2. The molecule has 0 saturated carbocycles. The summed E-state index contributed by atoms with van der Waals surface area (Å²) >= 11 is 3.49. The number of fused-ring (bicyclic) bond motifs is 2. The Balaban J connectivity index is 1.95. The predicted molar refractivity (Wildman–Crippen MR) is 108 cm³/mol. The van der Waals surface area contributed by atoms with Gasteiger partial charge < -0.3 is 14.4 Å². The number of rotatable bonds is 2. The highest BCUT2D eigenvalue weighted by Gasteiger charge is 2.58. The summed E-state index contributed by atoms with van der Waals surface area (Å²) in [5.74, 6) is 0.634. The van der Waals surface area contributed by atoms with Crippen molar-refractivity contribution in [3.05, 3.63) is 62.1 Å². The van der Waals surface area contributed by atoms with Crippen molar-refractivity contribution in [1.29, 1.82) is 0 Å². The van der Waals surface area contributed by atoms with Gasteiger partial charge in [-0.25, -0.2) is 0 Å². The first-order valence-corrected chi connectivity index (χ1v) is 9.30. The van der Waals surface area contributed by atoms with Gasteiger partial charge >= 0.3 is 5.69 Å². The maximum atomic E-state index is 11.7. The number of nitrogens with zero attached hydrogens (tertiary/aromatic N) is 2. The normalized spacial score (nSPS) is 21.6. The second-order valence-electron chi connectivity index (χ2n) is 7.24. The van der Waals surface area contributed by atoms with Gasteiger partial charge in [0.1, 0.15) is 5.75 Å². The van der Waals surface area contributed by atoms with E-state index >= 15 is 0 Å². The van der Waals surface area contributed by atoms with Gasteiger partial charge in [0, 0.05) is 18.3 Å². The average Bonchev–Trinajstić information content (AvgIpc) is 2.81. The Hall–Kier alpha value is -2.54. The van der Waals surface area contributed by atoms with Gasteiger partial charge in [0.25, 0.3) is 0 Å². The van der Waals surface area contributed by atoms with Crippen molar-refractivity contribution in [3.63, 3.8) is 0 Å². The van der Waals surface area contributed by atoms with Crippen LogP contribution in [0, 0.1) is 10.1 Å². The Morgan fingerprint density at radius 3 is 2.63 bits per heavy atom. The van der Waals surface area contributed by atoms with Gasteiger partial charge in [-0.15, -0.1) is 0 Å². The van der Waals surface area contributed by atoms with E-state index in [1.807, 2.05) is 42.3 Å². The Morgan fingerprint density at radius 1 is 1.30 bits per heavy atom. The maximum absolute atomic E-state index is 11.7. The van der Waals surface area contributed by atoms with Crippen molar-refractivity contribution < 1.29 is 14.4 Å². The molecule has 0 amide bonds. The molecule has 7 heteroatoms. The summed E-state index contributed by atoms with van der Waals surface area (Å²) < 4.78 is 12.4. The zero-order valence-corrected chi connectivity index (χ0v) is 17.0.